The highest BCUT2D eigenvalue weighted by Gasteiger charge is 2.22. The first-order valence-electron chi connectivity index (χ1n) is 9.93. The molecule has 1 aliphatic heterocycles. The molecule has 0 spiro atoms. The van der Waals surface area contributed by atoms with Crippen molar-refractivity contribution in [3.8, 4) is 5.75 Å². The Morgan fingerprint density at radius 3 is 2.44 bits per heavy atom. The second-order valence-electron chi connectivity index (χ2n) is 6.95. The number of piperazine rings is 1. The van der Waals surface area contributed by atoms with Gasteiger partial charge in [0.15, 0.2) is 11.6 Å². The van der Waals surface area contributed by atoms with Crippen molar-refractivity contribution in [3.05, 3.63) is 60.9 Å². The summed E-state index contributed by atoms with van der Waals surface area (Å²) in [5, 5.41) is 14.3. The summed E-state index contributed by atoms with van der Waals surface area (Å²) in [5.74, 6) is 1.33. The van der Waals surface area contributed by atoms with Crippen LogP contribution in [0.2, 0.25) is 0 Å². The number of amides is 2. The zero-order valence-electron chi connectivity index (χ0n) is 17.0. The number of nitrogens with zero attached hydrogens (tertiary/aromatic N) is 5. The van der Waals surface area contributed by atoms with Gasteiger partial charge in [-0.3, -0.25) is 4.98 Å². The molecule has 32 heavy (non-hydrogen) atoms. The van der Waals surface area contributed by atoms with Crippen LogP contribution >= 0.6 is 0 Å². The maximum Gasteiger partial charge on any atom is 0.387 e. The van der Waals surface area contributed by atoms with Gasteiger partial charge in [-0.25, -0.2) is 4.79 Å². The molecule has 166 valence electrons. The molecule has 0 saturated carbocycles. The molecule has 3 aromatic rings. The number of urea groups is 1. The molecular formula is C21H21F2N7O2. The van der Waals surface area contributed by atoms with E-state index in [0.717, 1.165) is 11.5 Å². The number of hydrogen-bond donors (Lipinski definition) is 2. The van der Waals surface area contributed by atoms with Gasteiger partial charge in [0.25, 0.3) is 0 Å². The SMILES string of the molecule is O=C(Nc1cccc(OC(F)F)c1)N1CCN(c2ccc(Nc3ccncc3)nn2)CC1. The highest BCUT2D eigenvalue weighted by Crippen LogP contribution is 2.21. The normalized spacial score (nSPS) is 13.7. The van der Waals surface area contributed by atoms with Crippen LogP contribution in [-0.4, -0.2) is 58.9 Å². The molecule has 2 amide bonds. The molecule has 1 fully saturated rings. The third kappa shape index (κ3) is 5.56. The van der Waals surface area contributed by atoms with Crippen LogP contribution in [0.1, 0.15) is 0 Å². The Bertz CT molecular complexity index is 1030. The smallest absolute Gasteiger partial charge is 0.387 e. The molecule has 0 atom stereocenters. The minimum Gasteiger partial charge on any atom is -0.435 e. The maximum atomic E-state index is 12.5. The monoisotopic (exact) mass is 441 g/mol. The van der Waals surface area contributed by atoms with E-state index in [1.807, 2.05) is 29.2 Å². The van der Waals surface area contributed by atoms with Gasteiger partial charge in [0.2, 0.25) is 0 Å². The summed E-state index contributed by atoms with van der Waals surface area (Å²) in [7, 11) is 0. The molecule has 3 heterocycles. The Morgan fingerprint density at radius 2 is 1.75 bits per heavy atom. The fourth-order valence-electron chi connectivity index (χ4n) is 3.23. The number of aromatic nitrogens is 3. The van der Waals surface area contributed by atoms with Gasteiger partial charge in [-0.1, -0.05) is 6.07 Å². The van der Waals surface area contributed by atoms with Crippen LogP contribution in [0.4, 0.5) is 36.6 Å². The molecule has 2 N–H and O–H groups in total. The van der Waals surface area contributed by atoms with E-state index in [2.05, 4.69) is 30.6 Å². The summed E-state index contributed by atoms with van der Waals surface area (Å²) in [4.78, 5) is 20.2. The fourth-order valence-corrected chi connectivity index (χ4v) is 3.23. The van der Waals surface area contributed by atoms with Gasteiger partial charge in [0.05, 0.1) is 0 Å². The number of benzene rings is 1. The highest BCUT2D eigenvalue weighted by atomic mass is 19.3. The van der Waals surface area contributed by atoms with E-state index in [-0.39, 0.29) is 11.8 Å². The van der Waals surface area contributed by atoms with Crippen molar-refractivity contribution in [1.29, 1.82) is 0 Å². The minimum atomic E-state index is -2.92. The van der Waals surface area contributed by atoms with E-state index < -0.39 is 6.61 Å². The predicted octanol–water partition coefficient (Wildman–Crippen LogP) is 3.57. The number of ether oxygens (including phenoxy) is 1. The van der Waals surface area contributed by atoms with Crippen molar-refractivity contribution < 1.29 is 18.3 Å². The lowest BCUT2D eigenvalue weighted by molar-refractivity contribution is -0.0498. The van der Waals surface area contributed by atoms with Crippen molar-refractivity contribution in [2.45, 2.75) is 6.61 Å². The van der Waals surface area contributed by atoms with Crippen molar-refractivity contribution in [1.82, 2.24) is 20.1 Å². The van der Waals surface area contributed by atoms with E-state index in [1.54, 1.807) is 23.4 Å². The summed E-state index contributed by atoms with van der Waals surface area (Å²) in [5.41, 5.74) is 1.26. The van der Waals surface area contributed by atoms with Crippen LogP contribution in [0, 0.1) is 0 Å². The van der Waals surface area contributed by atoms with Crippen LogP contribution in [0.25, 0.3) is 0 Å². The summed E-state index contributed by atoms with van der Waals surface area (Å²) >= 11 is 0. The predicted molar refractivity (Wildman–Crippen MR) is 115 cm³/mol. The van der Waals surface area contributed by atoms with Gasteiger partial charge < -0.3 is 25.2 Å². The van der Waals surface area contributed by atoms with E-state index >= 15 is 0 Å². The number of hydrogen-bond acceptors (Lipinski definition) is 7. The number of carbonyl (C=O) groups excluding carboxylic acids is 1. The number of anilines is 4. The van der Waals surface area contributed by atoms with Crippen molar-refractivity contribution >= 4 is 29.0 Å². The lowest BCUT2D eigenvalue weighted by atomic mass is 10.3. The Hall–Kier alpha value is -4.02. The molecule has 0 unspecified atom stereocenters. The zero-order valence-corrected chi connectivity index (χ0v) is 17.0. The van der Waals surface area contributed by atoms with Crippen LogP contribution < -0.4 is 20.3 Å². The largest absolute Gasteiger partial charge is 0.435 e. The Balaban J connectivity index is 1.28. The third-order valence-electron chi connectivity index (χ3n) is 4.80. The highest BCUT2D eigenvalue weighted by molar-refractivity contribution is 5.89. The van der Waals surface area contributed by atoms with Gasteiger partial charge >= 0.3 is 12.6 Å². The van der Waals surface area contributed by atoms with Crippen molar-refractivity contribution in [3.63, 3.8) is 0 Å². The maximum absolute atomic E-state index is 12.5. The molecule has 4 rings (SSSR count). The summed E-state index contributed by atoms with van der Waals surface area (Å²) in [6, 6.07) is 13.0. The van der Waals surface area contributed by atoms with Crippen LogP contribution in [-0.2, 0) is 0 Å². The van der Waals surface area contributed by atoms with Crippen molar-refractivity contribution in [2.75, 3.05) is 41.7 Å². The average Bonchev–Trinajstić information content (AvgIpc) is 2.80. The van der Waals surface area contributed by atoms with E-state index in [4.69, 9.17) is 0 Å². The van der Waals surface area contributed by atoms with Gasteiger partial charge in [-0.2, -0.15) is 8.78 Å². The Kier molecular flexibility index (Phi) is 6.54. The fraction of sp³-hybridized carbons (Fsp3) is 0.238. The number of halogens is 2. The molecule has 1 aliphatic rings. The van der Waals surface area contributed by atoms with Crippen LogP contribution in [0.5, 0.6) is 5.75 Å². The van der Waals surface area contributed by atoms with Gasteiger partial charge in [0.1, 0.15) is 5.75 Å². The first-order valence-corrected chi connectivity index (χ1v) is 9.93. The Morgan fingerprint density at radius 1 is 0.969 bits per heavy atom. The summed E-state index contributed by atoms with van der Waals surface area (Å²) < 4.78 is 29.1. The lowest BCUT2D eigenvalue weighted by Gasteiger charge is -2.35. The molecule has 1 aromatic carbocycles. The van der Waals surface area contributed by atoms with E-state index in [1.165, 1.54) is 18.2 Å². The van der Waals surface area contributed by atoms with E-state index in [0.29, 0.717) is 37.7 Å². The number of carbonyl (C=O) groups is 1. The summed E-state index contributed by atoms with van der Waals surface area (Å²) in [6.07, 6.45) is 3.38. The summed E-state index contributed by atoms with van der Waals surface area (Å²) in [6.45, 7) is -0.769. The molecule has 0 bridgehead atoms. The first-order chi connectivity index (χ1) is 15.6. The van der Waals surface area contributed by atoms with E-state index in [9.17, 15) is 13.6 Å². The number of alkyl halides is 2. The van der Waals surface area contributed by atoms with Gasteiger partial charge in [0, 0.05) is 56.0 Å². The Labute approximate surface area is 183 Å². The zero-order chi connectivity index (χ0) is 22.3. The molecule has 9 nitrogen and oxygen atoms in total. The van der Waals surface area contributed by atoms with Gasteiger partial charge in [-0.15, -0.1) is 10.2 Å². The quantitative estimate of drug-likeness (QED) is 0.604. The average molecular weight is 441 g/mol. The molecule has 1 saturated heterocycles. The third-order valence-corrected chi connectivity index (χ3v) is 4.80. The van der Waals surface area contributed by atoms with Crippen molar-refractivity contribution in [2.24, 2.45) is 0 Å². The minimum absolute atomic E-state index is 0.0111. The number of pyridine rings is 1. The number of rotatable bonds is 6. The second-order valence-corrected chi connectivity index (χ2v) is 6.95. The topological polar surface area (TPSA) is 95.5 Å². The van der Waals surface area contributed by atoms with Crippen LogP contribution in [0.3, 0.4) is 0 Å². The molecule has 2 aromatic heterocycles. The molecule has 11 heteroatoms. The molecule has 0 aliphatic carbocycles. The van der Waals surface area contributed by atoms with Gasteiger partial charge in [-0.05, 0) is 36.4 Å². The molecular weight excluding hydrogens is 420 g/mol. The standard InChI is InChI=1S/C21H21F2N7O2/c22-20(23)32-17-3-1-2-16(14-17)26-21(31)30-12-10-29(11-13-30)19-5-4-18(27-28-19)25-15-6-8-24-9-7-15/h1-9,14,20H,10-13H2,(H,26,31)(H,24,25,27). The van der Waals surface area contributed by atoms with Crippen LogP contribution in [0.15, 0.2) is 60.9 Å². The first kappa shape index (κ1) is 21.2. The second kappa shape index (κ2) is 9.86. The molecule has 0 radical (unpaired) electrons. The lowest BCUT2D eigenvalue weighted by Crippen LogP contribution is -2.50. The number of nitrogens with one attached hydrogen (secondary N) is 2.